The minimum Gasteiger partial charge on any atom is -0.465 e. The molecular weight excluding hydrogens is 196 g/mol. The van der Waals surface area contributed by atoms with Gasteiger partial charge >= 0.3 is 5.97 Å². The van der Waals surface area contributed by atoms with Gasteiger partial charge in [-0.1, -0.05) is 13.3 Å². The molecule has 0 saturated carbocycles. The Hall–Kier alpha value is -1.39. The van der Waals surface area contributed by atoms with E-state index >= 15 is 0 Å². The average Bonchev–Trinajstić information content (AvgIpc) is 2.71. The first-order valence-corrected chi connectivity index (χ1v) is 5.03. The molecule has 15 heavy (non-hydrogen) atoms. The Kier molecular flexibility index (Phi) is 3.82. The Balaban J connectivity index is 2.58. The minimum absolute atomic E-state index is 0.281. The van der Waals surface area contributed by atoms with Crippen LogP contribution in [-0.2, 0) is 14.9 Å². The molecule has 1 heterocycles. The maximum absolute atomic E-state index is 11.7. The summed E-state index contributed by atoms with van der Waals surface area (Å²) < 4.78 is 10.1. The fraction of sp³-hybridized carbons (Fsp3) is 0.700. The van der Waals surface area contributed by atoms with Crippen LogP contribution in [0.3, 0.4) is 0 Å². The third-order valence-electron chi connectivity index (χ3n) is 2.14. The Morgan fingerprint density at radius 3 is 2.87 bits per heavy atom. The number of esters is 1. The van der Waals surface area contributed by atoms with Gasteiger partial charge in [0.2, 0.25) is 12.3 Å². The van der Waals surface area contributed by atoms with Crippen molar-refractivity contribution < 1.29 is 13.9 Å². The van der Waals surface area contributed by atoms with Crippen LogP contribution in [-0.4, -0.2) is 22.8 Å². The quantitative estimate of drug-likeness (QED) is 0.549. The van der Waals surface area contributed by atoms with E-state index in [2.05, 4.69) is 10.2 Å². The van der Waals surface area contributed by atoms with Crippen LogP contribution in [0.1, 0.15) is 39.5 Å². The molecule has 5 nitrogen and oxygen atoms in total. The van der Waals surface area contributed by atoms with Crippen molar-refractivity contribution in [3.63, 3.8) is 0 Å². The first-order chi connectivity index (χ1) is 7.09. The van der Waals surface area contributed by atoms with E-state index in [1.54, 1.807) is 13.8 Å². The summed E-state index contributed by atoms with van der Waals surface area (Å²) in [6, 6.07) is 0. The van der Waals surface area contributed by atoms with E-state index in [-0.39, 0.29) is 11.9 Å². The smallest absolute Gasteiger partial charge is 0.321 e. The van der Waals surface area contributed by atoms with Gasteiger partial charge in [-0.05, 0) is 20.3 Å². The summed E-state index contributed by atoms with van der Waals surface area (Å²) >= 11 is 0. The van der Waals surface area contributed by atoms with Crippen LogP contribution in [0.2, 0.25) is 0 Å². The highest BCUT2D eigenvalue weighted by Gasteiger charge is 2.36. The van der Waals surface area contributed by atoms with Gasteiger partial charge in [0.05, 0.1) is 6.61 Å². The first kappa shape index (κ1) is 11.7. The maximum atomic E-state index is 11.7. The molecule has 5 heteroatoms. The number of rotatable bonds is 5. The number of unbranched alkanes of at least 4 members (excludes halogenated alkanes) is 1. The first-order valence-electron chi connectivity index (χ1n) is 5.03. The molecule has 1 aromatic rings. The normalized spacial score (nSPS) is 11.4. The lowest BCUT2D eigenvalue weighted by molar-refractivity contribution is -0.150. The SMILES string of the molecule is CCCCOC(=O)C(C)(C)c1nnco1. The second-order valence-electron chi connectivity index (χ2n) is 3.86. The van der Waals surface area contributed by atoms with Gasteiger partial charge in [-0.25, -0.2) is 0 Å². The number of carbonyl (C=O) groups is 1. The van der Waals surface area contributed by atoms with Crippen molar-refractivity contribution >= 4 is 5.97 Å². The topological polar surface area (TPSA) is 65.2 Å². The summed E-state index contributed by atoms with van der Waals surface area (Å²) in [5, 5.41) is 7.26. The van der Waals surface area contributed by atoms with Gasteiger partial charge in [0.15, 0.2) is 0 Å². The van der Waals surface area contributed by atoms with E-state index < -0.39 is 5.41 Å². The Morgan fingerprint density at radius 2 is 2.33 bits per heavy atom. The van der Waals surface area contributed by atoms with Crippen molar-refractivity contribution in [3.05, 3.63) is 12.3 Å². The van der Waals surface area contributed by atoms with Crippen LogP contribution >= 0.6 is 0 Å². The summed E-state index contributed by atoms with van der Waals surface area (Å²) in [5.41, 5.74) is -0.871. The monoisotopic (exact) mass is 212 g/mol. The predicted molar refractivity (Wildman–Crippen MR) is 53.2 cm³/mol. The highest BCUT2D eigenvalue weighted by Crippen LogP contribution is 2.22. The number of hydrogen-bond donors (Lipinski definition) is 0. The zero-order chi connectivity index (χ0) is 11.3. The number of hydrogen-bond acceptors (Lipinski definition) is 5. The van der Waals surface area contributed by atoms with Gasteiger partial charge in [-0.15, -0.1) is 10.2 Å². The molecule has 0 unspecified atom stereocenters. The van der Waals surface area contributed by atoms with Gasteiger partial charge < -0.3 is 9.15 Å². The molecular formula is C10H16N2O3. The molecule has 0 aliphatic heterocycles. The van der Waals surface area contributed by atoms with Crippen LogP contribution in [0, 0.1) is 0 Å². The van der Waals surface area contributed by atoms with Crippen molar-refractivity contribution in [1.29, 1.82) is 0 Å². The van der Waals surface area contributed by atoms with Crippen LogP contribution in [0.4, 0.5) is 0 Å². The van der Waals surface area contributed by atoms with Gasteiger partial charge in [0, 0.05) is 0 Å². The summed E-state index contributed by atoms with van der Waals surface area (Å²) in [5.74, 6) is -0.0517. The largest absolute Gasteiger partial charge is 0.465 e. The van der Waals surface area contributed by atoms with E-state index in [1.807, 2.05) is 6.92 Å². The number of carbonyl (C=O) groups excluding carboxylic acids is 1. The summed E-state index contributed by atoms with van der Waals surface area (Å²) in [6.45, 7) is 5.88. The van der Waals surface area contributed by atoms with Crippen molar-refractivity contribution in [3.8, 4) is 0 Å². The number of ether oxygens (including phenoxy) is 1. The fourth-order valence-electron chi connectivity index (χ4n) is 1.02. The molecule has 0 radical (unpaired) electrons. The summed E-state index contributed by atoms with van der Waals surface area (Å²) in [4.78, 5) is 11.7. The molecule has 1 aromatic heterocycles. The zero-order valence-electron chi connectivity index (χ0n) is 9.32. The molecule has 0 aliphatic rings. The molecule has 0 aromatic carbocycles. The molecule has 0 spiro atoms. The van der Waals surface area contributed by atoms with E-state index in [1.165, 1.54) is 6.39 Å². The molecule has 1 rings (SSSR count). The van der Waals surface area contributed by atoms with Crippen LogP contribution in [0.25, 0.3) is 0 Å². The molecule has 0 saturated heterocycles. The Labute approximate surface area is 88.8 Å². The van der Waals surface area contributed by atoms with Crippen molar-refractivity contribution in [2.75, 3.05) is 6.61 Å². The minimum atomic E-state index is -0.871. The Morgan fingerprint density at radius 1 is 1.60 bits per heavy atom. The fourth-order valence-corrected chi connectivity index (χ4v) is 1.02. The molecule has 0 amide bonds. The van der Waals surface area contributed by atoms with Crippen molar-refractivity contribution in [1.82, 2.24) is 10.2 Å². The number of nitrogens with zero attached hydrogens (tertiary/aromatic N) is 2. The van der Waals surface area contributed by atoms with E-state index in [9.17, 15) is 4.79 Å². The third-order valence-corrected chi connectivity index (χ3v) is 2.14. The van der Waals surface area contributed by atoms with Crippen molar-refractivity contribution in [2.24, 2.45) is 0 Å². The zero-order valence-corrected chi connectivity index (χ0v) is 9.32. The second-order valence-corrected chi connectivity index (χ2v) is 3.86. The Bertz CT molecular complexity index is 306. The van der Waals surface area contributed by atoms with Gasteiger partial charge in [-0.3, -0.25) is 4.79 Å². The molecule has 0 fully saturated rings. The molecule has 0 N–H and O–H groups in total. The van der Waals surface area contributed by atoms with Crippen LogP contribution in [0.5, 0.6) is 0 Å². The van der Waals surface area contributed by atoms with Gasteiger partial charge in [0.25, 0.3) is 0 Å². The second kappa shape index (κ2) is 4.91. The average molecular weight is 212 g/mol. The maximum Gasteiger partial charge on any atom is 0.321 e. The lowest BCUT2D eigenvalue weighted by Crippen LogP contribution is -2.31. The van der Waals surface area contributed by atoms with Gasteiger partial charge in [0.1, 0.15) is 5.41 Å². The lowest BCUT2D eigenvalue weighted by atomic mass is 9.94. The number of aromatic nitrogens is 2. The highest BCUT2D eigenvalue weighted by atomic mass is 16.5. The molecule has 0 atom stereocenters. The van der Waals surface area contributed by atoms with Crippen LogP contribution in [0.15, 0.2) is 10.8 Å². The van der Waals surface area contributed by atoms with Crippen molar-refractivity contribution in [2.45, 2.75) is 39.0 Å². The molecule has 0 bridgehead atoms. The standard InChI is InChI=1S/C10H16N2O3/c1-4-5-6-14-9(13)10(2,3)8-12-11-7-15-8/h7H,4-6H2,1-3H3. The van der Waals surface area contributed by atoms with E-state index in [4.69, 9.17) is 9.15 Å². The highest BCUT2D eigenvalue weighted by molar-refractivity contribution is 5.80. The van der Waals surface area contributed by atoms with Crippen LogP contribution < -0.4 is 0 Å². The summed E-state index contributed by atoms with van der Waals surface area (Å²) in [7, 11) is 0. The predicted octanol–water partition coefficient (Wildman–Crippen LogP) is 1.69. The lowest BCUT2D eigenvalue weighted by Gasteiger charge is -2.17. The van der Waals surface area contributed by atoms with E-state index in [0.717, 1.165) is 12.8 Å². The summed E-state index contributed by atoms with van der Waals surface area (Å²) in [6.07, 6.45) is 3.07. The molecule has 84 valence electrons. The van der Waals surface area contributed by atoms with E-state index in [0.29, 0.717) is 6.61 Å². The van der Waals surface area contributed by atoms with Gasteiger partial charge in [-0.2, -0.15) is 0 Å². The molecule has 0 aliphatic carbocycles. The third kappa shape index (κ3) is 2.78.